The first-order chi connectivity index (χ1) is 12.8. The molecule has 1 aliphatic rings. The maximum absolute atomic E-state index is 6.28. The molecule has 2 aromatic heterocycles. The SMILES string of the molecule is CSc1nnc2c(n1)OC(c1c[nH]c3ccccc13)Nc1ccccc1-2. The Bertz CT molecular complexity index is 1110. The molecule has 0 bridgehead atoms. The van der Waals surface area contributed by atoms with Crippen LogP contribution in [0.3, 0.4) is 0 Å². The van der Waals surface area contributed by atoms with E-state index in [0.29, 0.717) is 16.7 Å². The monoisotopic (exact) mass is 361 g/mol. The second-order valence-electron chi connectivity index (χ2n) is 5.93. The molecule has 26 heavy (non-hydrogen) atoms. The Hall–Kier alpha value is -3.06. The largest absolute Gasteiger partial charge is 0.448 e. The van der Waals surface area contributed by atoms with E-state index in [1.165, 1.54) is 11.8 Å². The minimum atomic E-state index is -0.389. The molecule has 1 aliphatic heterocycles. The zero-order chi connectivity index (χ0) is 17.5. The van der Waals surface area contributed by atoms with E-state index < -0.39 is 0 Å². The van der Waals surface area contributed by atoms with Crippen LogP contribution < -0.4 is 10.1 Å². The first kappa shape index (κ1) is 15.2. The molecule has 0 aliphatic carbocycles. The van der Waals surface area contributed by atoms with Gasteiger partial charge in [0.15, 0.2) is 11.9 Å². The second-order valence-corrected chi connectivity index (χ2v) is 6.70. The van der Waals surface area contributed by atoms with Crippen molar-refractivity contribution in [1.82, 2.24) is 20.2 Å². The highest BCUT2D eigenvalue weighted by atomic mass is 32.2. The summed E-state index contributed by atoms with van der Waals surface area (Å²) in [6, 6.07) is 16.1. The Morgan fingerprint density at radius 3 is 2.81 bits per heavy atom. The number of H-pyrrole nitrogens is 1. The lowest BCUT2D eigenvalue weighted by atomic mass is 10.1. The van der Waals surface area contributed by atoms with Crippen LogP contribution in [0.4, 0.5) is 5.69 Å². The zero-order valence-corrected chi connectivity index (χ0v) is 14.7. The molecule has 0 fully saturated rings. The van der Waals surface area contributed by atoms with E-state index in [0.717, 1.165) is 27.7 Å². The van der Waals surface area contributed by atoms with Gasteiger partial charge in [-0.15, -0.1) is 10.2 Å². The van der Waals surface area contributed by atoms with Gasteiger partial charge in [-0.25, -0.2) is 0 Å². The van der Waals surface area contributed by atoms with Crippen molar-refractivity contribution in [3.05, 3.63) is 60.3 Å². The first-order valence-corrected chi connectivity index (χ1v) is 9.43. The van der Waals surface area contributed by atoms with Crippen LogP contribution in [0, 0.1) is 0 Å². The Balaban J connectivity index is 1.70. The van der Waals surface area contributed by atoms with Crippen LogP contribution in [0.5, 0.6) is 5.88 Å². The highest BCUT2D eigenvalue weighted by molar-refractivity contribution is 7.98. The van der Waals surface area contributed by atoms with Crippen molar-refractivity contribution < 1.29 is 4.74 Å². The van der Waals surface area contributed by atoms with E-state index in [1.54, 1.807) is 0 Å². The number of fused-ring (bicyclic) bond motifs is 4. The maximum atomic E-state index is 6.28. The summed E-state index contributed by atoms with van der Waals surface area (Å²) < 4.78 is 6.28. The number of anilines is 1. The third kappa shape index (κ3) is 2.40. The van der Waals surface area contributed by atoms with Gasteiger partial charge in [0.2, 0.25) is 11.0 Å². The smallest absolute Gasteiger partial charge is 0.247 e. The highest BCUT2D eigenvalue weighted by Gasteiger charge is 2.27. The summed E-state index contributed by atoms with van der Waals surface area (Å²) in [7, 11) is 0. The van der Waals surface area contributed by atoms with Crippen LogP contribution in [0.25, 0.3) is 22.2 Å². The Morgan fingerprint density at radius 1 is 1.04 bits per heavy atom. The number of thioether (sulfide) groups is 1. The minimum absolute atomic E-state index is 0.389. The molecule has 7 heteroatoms. The minimum Gasteiger partial charge on any atom is -0.448 e. The number of rotatable bonds is 2. The van der Waals surface area contributed by atoms with E-state index in [2.05, 4.69) is 31.5 Å². The fraction of sp³-hybridized carbons (Fsp3) is 0.105. The Morgan fingerprint density at radius 2 is 1.88 bits per heavy atom. The molecule has 2 aromatic carbocycles. The number of nitrogens with one attached hydrogen (secondary N) is 2. The summed E-state index contributed by atoms with van der Waals surface area (Å²) >= 11 is 1.44. The van der Waals surface area contributed by atoms with Crippen molar-refractivity contribution in [2.45, 2.75) is 11.4 Å². The zero-order valence-electron chi connectivity index (χ0n) is 13.9. The number of aromatic amines is 1. The van der Waals surface area contributed by atoms with Gasteiger partial charge in [0.25, 0.3) is 0 Å². The van der Waals surface area contributed by atoms with Crippen LogP contribution in [0.15, 0.2) is 59.9 Å². The molecule has 0 saturated carbocycles. The lowest BCUT2D eigenvalue weighted by molar-refractivity contribution is 0.226. The molecule has 0 radical (unpaired) electrons. The van der Waals surface area contributed by atoms with E-state index >= 15 is 0 Å². The van der Waals surface area contributed by atoms with Gasteiger partial charge in [0.1, 0.15) is 0 Å². The summed E-state index contributed by atoms with van der Waals surface area (Å²) in [4.78, 5) is 7.85. The molecule has 0 spiro atoms. The lowest BCUT2D eigenvalue weighted by Crippen LogP contribution is -2.16. The van der Waals surface area contributed by atoms with Crippen molar-refractivity contribution >= 4 is 28.4 Å². The van der Waals surface area contributed by atoms with Gasteiger partial charge >= 0.3 is 0 Å². The first-order valence-electron chi connectivity index (χ1n) is 8.21. The molecule has 1 atom stereocenters. The second kappa shape index (κ2) is 6.03. The molecule has 5 rings (SSSR count). The van der Waals surface area contributed by atoms with Crippen molar-refractivity contribution in [3.63, 3.8) is 0 Å². The predicted molar refractivity (Wildman–Crippen MR) is 102 cm³/mol. The van der Waals surface area contributed by atoms with E-state index in [9.17, 15) is 0 Å². The van der Waals surface area contributed by atoms with Gasteiger partial charge in [-0.3, -0.25) is 0 Å². The van der Waals surface area contributed by atoms with Gasteiger partial charge < -0.3 is 15.0 Å². The van der Waals surface area contributed by atoms with Gasteiger partial charge in [0.05, 0.1) is 0 Å². The average Bonchev–Trinajstić information content (AvgIpc) is 3.04. The quantitative estimate of drug-likeness (QED) is 0.520. The molecule has 1 unspecified atom stereocenters. The van der Waals surface area contributed by atoms with Crippen molar-refractivity contribution in [2.75, 3.05) is 11.6 Å². The van der Waals surface area contributed by atoms with Crippen LogP contribution in [-0.2, 0) is 0 Å². The molecular formula is C19H15N5OS. The standard InChI is InChI=1S/C19H15N5OS/c1-26-19-22-18-16(23-24-19)12-7-3-5-9-15(12)21-17(25-18)13-10-20-14-8-4-2-6-11(13)14/h2-10,17,20-21H,1H3. The molecule has 4 aromatic rings. The van der Waals surface area contributed by atoms with Crippen LogP contribution in [-0.4, -0.2) is 26.4 Å². The Kier molecular flexibility index (Phi) is 3.53. The number of para-hydroxylation sites is 2. The summed E-state index contributed by atoms with van der Waals surface area (Å²) in [5.41, 5.74) is 4.60. The fourth-order valence-electron chi connectivity index (χ4n) is 3.19. The summed E-state index contributed by atoms with van der Waals surface area (Å²) in [6.07, 6.45) is 3.50. The molecule has 0 saturated heterocycles. The molecule has 3 heterocycles. The summed E-state index contributed by atoms with van der Waals surface area (Å²) in [5, 5.41) is 13.7. The van der Waals surface area contributed by atoms with E-state index in [4.69, 9.17) is 4.74 Å². The molecule has 0 amide bonds. The van der Waals surface area contributed by atoms with E-state index in [1.807, 2.05) is 54.9 Å². The number of hydrogen-bond acceptors (Lipinski definition) is 6. The lowest BCUT2D eigenvalue weighted by Gasteiger charge is -2.18. The van der Waals surface area contributed by atoms with Crippen molar-refractivity contribution in [3.8, 4) is 17.1 Å². The van der Waals surface area contributed by atoms with Gasteiger partial charge in [-0.05, 0) is 18.4 Å². The van der Waals surface area contributed by atoms with Crippen molar-refractivity contribution in [2.24, 2.45) is 0 Å². The van der Waals surface area contributed by atoms with Gasteiger partial charge in [-0.2, -0.15) is 4.98 Å². The molecular weight excluding hydrogens is 346 g/mol. The van der Waals surface area contributed by atoms with Crippen LogP contribution in [0.2, 0.25) is 0 Å². The van der Waals surface area contributed by atoms with Crippen LogP contribution >= 0.6 is 11.8 Å². The number of nitrogens with zero attached hydrogens (tertiary/aromatic N) is 3. The summed E-state index contributed by atoms with van der Waals surface area (Å²) in [6.45, 7) is 0. The normalized spacial score (nSPS) is 15.5. The Labute approximate surface area is 154 Å². The fourth-order valence-corrected chi connectivity index (χ4v) is 3.48. The molecule has 2 N–H and O–H groups in total. The predicted octanol–water partition coefficient (Wildman–Crippen LogP) is 4.24. The van der Waals surface area contributed by atoms with Gasteiger partial charge in [-0.1, -0.05) is 48.2 Å². The average molecular weight is 361 g/mol. The molecule has 6 nitrogen and oxygen atoms in total. The number of hydrogen-bond donors (Lipinski definition) is 2. The highest BCUT2D eigenvalue weighted by Crippen LogP contribution is 2.40. The van der Waals surface area contributed by atoms with Gasteiger partial charge in [0, 0.05) is 33.9 Å². The number of benzene rings is 2. The number of aromatic nitrogens is 4. The third-order valence-electron chi connectivity index (χ3n) is 4.42. The van der Waals surface area contributed by atoms with Crippen LogP contribution in [0.1, 0.15) is 11.8 Å². The maximum Gasteiger partial charge on any atom is 0.247 e. The number of ether oxygens (including phenoxy) is 1. The molecule has 128 valence electrons. The summed E-state index contributed by atoms with van der Waals surface area (Å²) in [5.74, 6) is 0.483. The third-order valence-corrected chi connectivity index (χ3v) is 4.96. The topological polar surface area (TPSA) is 75.7 Å². The van der Waals surface area contributed by atoms with Crippen molar-refractivity contribution in [1.29, 1.82) is 0 Å². The van der Waals surface area contributed by atoms with E-state index in [-0.39, 0.29) is 6.23 Å².